The maximum Gasteiger partial charge on any atom is 0.274 e. The van der Waals surface area contributed by atoms with Crippen molar-refractivity contribution in [2.75, 3.05) is 31.3 Å². The van der Waals surface area contributed by atoms with Crippen LogP contribution in [0.4, 0.5) is 5.69 Å². The second-order valence-electron chi connectivity index (χ2n) is 12.9. The predicted molar refractivity (Wildman–Crippen MR) is 193 cm³/mol. The third kappa shape index (κ3) is 7.28. The minimum absolute atomic E-state index is 0.0329. The molecule has 9 nitrogen and oxygen atoms in total. The van der Waals surface area contributed by atoms with E-state index in [1.807, 2.05) is 53.1 Å². The van der Waals surface area contributed by atoms with Crippen LogP contribution in [0, 0.1) is 6.92 Å². The van der Waals surface area contributed by atoms with Gasteiger partial charge in [0.25, 0.3) is 11.8 Å². The van der Waals surface area contributed by atoms with E-state index in [9.17, 15) is 9.59 Å². The number of ether oxygens (including phenoxy) is 2. The molecule has 1 atom stereocenters. The summed E-state index contributed by atoms with van der Waals surface area (Å²) in [7, 11) is -0.949. The minimum Gasteiger partial charge on any atom is -0.486 e. The summed E-state index contributed by atoms with van der Waals surface area (Å²) in [5, 5.41) is 6.02. The van der Waals surface area contributed by atoms with Crippen molar-refractivity contribution in [1.29, 1.82) is 0 Å². The van der Waals surface area contributed by atoms with E-state index in [0.29, 0.717) is 49.8 Å². The number of anilines is 1. The lowest BCUT2D eigenvalue weighted by Crippen LogP contribution is -2.43. The fourth-order valence-electron chi connectivity index (χ4n) is 6.51. The zero-order valence-electron chi connectivity index (χ0n) is 28.6. The highest BCUT2D eigenvalue weighted by Crippen LogP contribution is 2.30. The number of aromatic nitrogens is 2. The van der Waals surface area contributed by atoms with Crippen molar-refractivity contribution in [2.24, 2.45) is 0 Å². The maximum atomic E-state index is 14.6. The van der Waals surface area contributed by atoms with Crippen molar-refractivity contribution in [1.82, 2.24) is 19.6 Å². The van der Waals surface area contributed by atoms with Crippen molar-refractivity contribution in [3.63, 3.8) is 0 Å². The minimum atomic E-state index is -0.949. The van der Waals surface area contributed by atoms with E-state index in [1.165, 1.54) is 16.3 Å². The fraction of sp³-hybridized carbons (Fsp3) is 0.395. The summed E-state index contributed by atoms with van der Waals surface area (Å²) >= 11 is 0. The second kappa shape index (κ2) is 15.1. The largest absolute Gasteiger partial charge is 0.486 e. The second-order valence-corrected chi connectivity index (χ2v) is 14.4. The summed E-state index contributed by atoms with van der Waals surface area (Å²) in [6.07, 6.45) is 4.75. The number of hydrogen-bond acceptors (Lipinski definition) is 6. The van der Waals surface area contributed by atoms with Crippen molar-refractivity contribution < 1.29 is 19.1 Å². The molecule has 0 aliphatic carbocycles. The van der Waals surface area contributed by atoms with Crippen LogP contribution in [0.5, 0.6) is 11.5 Å². The van der Waals surface area contributed by atoms with Crippen molar-refractivity contribution in [3.8, 4) is 17.2 Å². The lowest BCUT2D eigenvalue weighted by Gasteiger charge is -2.35. The first kappa shape index (κ1) is 33.3. The first-order valence-corrected chi connectivity index (χ1v) is 18.8. The maximum absolute atomic E-state index is 14.6. The Morgan fingerprint density at radius 2 is 1.67 bits per heavy atom. The van der Waals surface area contributed by atoms with E-state index in [-0.39, 0.29) is 17.9 Å². The number of nitrogens with one attached hydrogen (secondary N) is 1. The van der Waals surface area contributed by atoms with Crippen molar-refractivity contribution in [3.05, 3.63) is 94.8 Å². The van der Waals surface area contributed by atoms with E-state index in [1.54, 1.807) is 4.68 Å². The molecule has 10 heteroatoms. The molecule has 0 spiro atoms. The van der Waals surface area contributed by atoms with Crippen LogP contribution in [0.1, 0.15) is 84.1 Å². The van der Waals surface area contributed by atoms with Gasteiger partial charge in [0.05, 0.1) is 11.3 Å². The van der Waals surface area contributed by atoms with Crippen LogP contribution < -0.4 is 19.6 Å². The van der Waals surface area contributed by atoms with Gasteiger partial charge in [-0.25, -0.2) is 4.68 Å². The van der Waals surface area contributed by atoms with E-state index in [0.717, 1.165) is 55.0 Å². The monoisotopic (exact) mass is 665 g/mol. The zero-order chi connectivity index (χ0) is 33.6. The van der Waals surface area contributed by atoms with Crippen molar-refractivity contribution >= 4 is 32.4 Å². The number of benzene rings is 3. The Bertz CT molecular complexity index is 1760. The highest BCUT2D eigenvalue weighted by Gasteiger charge is 2.30. The molecule has 1 aromatic heterocycles. The topological polar surface area (TPSA) is 88.9 Å². The molecule has 48 heavy (non-hydrogen) atoms. The van der Waals surface area contributed by atoms with Gasteiger partial charge in [-0.1, -0.05) is 57.0 Å². The third-order valence-corrected chi connectivity index (χ3v) is 10.7. The number of unbranched alkanes of at least 4 members (excludes halogenated alkanes) is 2. The molecule has 1 unspecified atom stereocenters. The molecule has 0 saturated carbocycles. The molecule has 2 amide bonds. The van der Waals surface area contributed by atoms with Gasteiger partial charge in [0.1, 0.15) is 13.2 Å². The SMILES string of the molecule is CCCCN(CCCC)C(=O)c1cc(C)n(-c2ccc(N[SiH2]c3ccc4c(c3)OCCO4)cc2C(=O)N2Cc3ccccc3CC2C)n1. The summed E-state index contributed by atoms with van der Waals surface area (Å²) in [6, 6.07) is 22.3. The summed E-state index contributed by atoms with van der Waals surface area (Å²) in [6.45, 7) is 11.4. The van der Waals surface area contributed by atoms with Gasteiger partial charge in [-0.15, -0.1) is 0 Å². The quantitative estimate of drug-likeness (QED) is 0.204. The van der Waals surface area contributed by atoms with Gasteiger partial charge in [-0.05, 0) is 85.8 Å². The molecule has 2 aliphatic heterocycles. The standard InChI is InChI=1S/C38H47N5O4Si/c1-5-7-17-41(18-8-6-2)38(45)33-22-27(4)43(39-33)34-15-13-30(40-48-31-14-16-35-36(24-31)47-20-19-46-35)23-32(34)37(44)42-25-29-12-10-9-11-28(29)21-26(42)3/h9-16,22-24,26,40H,5-8,17-21,25,48H2,1-4H3. The Labute approximate surface area is 286 Å². The average Bonchev–Trinajstić information content (AvgIpc) is 3.50. The van der Waals surface area contributed by atoms with Gasteiger partial charge in [-0.3, -0.25) is 9.59 Å². The average molecular weight is 666 g/mol. The number of rotatable bonds is 12. The summed E-state index contributed by atoms with van der Waals surface area (Å²) in [4.78, 5) is 35.8. The van der Waals surface area contributed by atoms with Gasteiger partial charge in [0, 0.05) is 37.1 Å². The Kier molecular flexibility index (Phi) is 10.5. The fourth-order valence-corrected chi connectivity index (χ4v) is 7.66. The first-order chi connectivity index (χ1) is 23.4. The lowest BCUT2D eigenvalue weighted by molar-refractivity contribution is 0.0658. The molecule has 3 heterocycles. The molecule has 252 valence electrons. The smallest absolute Gasteiger partial charge is 0.274 e. The molecule has 0 saturated heterocycles. The normalized spacial score (nSPS) is 15.4. The number of carbonyl (C=O) groups excluding carboxylic acids is 2. The molecule has 1 N–H and O–H groups in total. The van der Waals surface area contributed by atoms with Crippen LogP contribution in [-0.4, -0.2) is 73.4 Å². The van der Waals surface area contributed by atoms with Crippen LogP contribution in [0.15, 0.2) is 66.7 Å². The highest BCUT2D eigenvalue weighted by atomic mass is 28.2. The highest BCUT2D eigenvalue weighted by molar-refractivity contribution is 6.57. The van der Waals surface area contributed by atoms with Crippen LogP contribution >= 0.6 is 0 Å². The van der Waals surface area contributed by atoms with Crippen LogP contribution in [0.3, 0.4) is 0 Å². The Balaban J connectivity index is 1.32. The van der Waals surface area contributed by atoms with Gasteiger partial charge >= 0.3 is 0 Å². The molecule has 4 aromatic rings. The van der Waals surface area contributed by atoms with Gasteiger partial charge in [0.2, 0.25) is 0 Å². The zero-order valence-corrected chi connectivity index (χ0v) is 30.0. The molecule has 0 fully saturated rings. The Hall–Kier alpha value is -4.57. The van der Waals surface area contributed by atoms with Crippen molar-refractivity contribution in [2.45, 2.75) is 72.4 Å². The summed E-state index contributed by atoms with van der Waals surface area (Å²) < 4.78 is 13.3. The van der Waals surface area contributed by atoms with Gasteiger partial charge < -0.3 is 24.3 Å². The van der Waals surface area contributed by atoms with Gasteiger partial charge in [-0.2, -0.15) is 5.10 Å². The molecule has 0 bridgehead atoms. The molecule has 3 aromatic carbocycles. The first-order valence-electron chi connectivity index (χ1n) is 17.4. The van der Waals surface area contributed by atoms with Crippen LogP contribution in [-0.2, 0) is 13.0 Å². The number of carbonyl (C=O) groups is 2. The van der Waals surface area contributed by atoms with Crippen LogP contribution in [0.2, 0.25) is 0 Å². The Morgan fingerprint density at radius 3 is 2.42 bits per heavy atom. The van der Waals surface area contributed by atoms with E-state index >= 15 is 0 Å². The predicted octanol–water partition coefficient (Wildman–Crippen LogP) is 5.40. The number of nitrogens with zero attached hydrogens (tertiary/aromatic N) is 4. The molecule has 0 radical (unpaired) electrons. The molecule has 6 rings (SSSR count). The number of fused-ring (bicyclic) bond motifs is 2. The summed E-state index contributed by atoms with van der Waals surface area (Å²) in [5.41, 5.74) is 5.78. The Morgan fingerprint density at radius 1 is 0.938 bits per heavy atom. The number of amides is 2. The molecular formula is C38H47N5O4Si. The molecular weight excluding hydrogens is 619 g/mol. The lowest BCUT2D eigenvalue weighted by atomic mass is 9.94. The third-order valence-electron chi connectivity index (χ3n) is 9.28. The van der Waals surface area contributed by atoms with Gasteiger partial charge in [0.15, 0.2) is 26.9 Å². The van der Waals surface area contributed by atoms with Crippen LogP contribution in [0.25, 0.3) is 5.69 Å². The van der Waals surface area contributed by atoms with E-state index < -0.39 is 9.68 Å². The van der Waals surface area contributed by atoms with E-state index in [4.69, 9.17) is 14.6 Å². The van der Waals surface area contributed by atoms with E-state index in [2.05, 4.69) is 56.1 Å². The number of hydrogen-bond donors (Lipinski definition) is 1. The molecule has 2 aliphatic rings. The summed E-state index contributed by atoms with van der Waals surface area (Å²) in [5.74, 6) is 1.45. The number of aryl methyl sites for hydroxylation is 1.